The van der Waals surface area contributed by atoms with Crippen molar-refractivity contribution in [3.8, 4) is 11.4 Å². The van der Waals surface area contributed by atoms with Crippen molar-refractivity contribution in [2.75, 3.05) is 30.7 Å². The van der Waals surface area contributed by atoms with Gasteiger partial charge in [-0.25, -0.2) is 13.1 Å². The Morgan fingerprint density at radius 2 is 2.08 bits per heavy atom. The minimum atomic E-state index is -3.30. The SMILES string of the molecule is C[C@@H]1CCCN1CCCOc1ccc(-n2cc(NS(C)(=O)=O)cn2)cc1. The van der Waals surface area contributed by atoms with Crippen molar-refractivity contribution < 1.29 is 13.2 Å². The molecule has 1 fully saturated rings. The summed E-state index contributed by atoms with van der Waals surface area (Å²) in [6.45, 7) is 5.28. The Morgan fingerprint density at radius 3 is 2.73 bits per heavy atom. The van der Waals surface area contributed by atoms with E-state index < -0.39 is 10.0 Å². The maximum atomic E-state index is 11.3. The molecule has 0 radical (unpaired) electrons. The molecule has 0 amide bonds. The van der Waals surface area contributed by atoms with Crippen LogP contribution in [-0.2, 0) is 10.0 Å². The highest BCUT2D eigenvalue weighted by Gasteiger charge is 2.19. The van der Waals surface area contributed by atoms with Gasteiger partial charge in [-0.2, -0.15) is 5.10 Å². The summed E-state index contributed by atoms with van der Waals surface area (Å²) in [5.41, 5.74) is 1.27. The molecule has 0 saturated carbocycles. The van der Waals surface area contributed by atoms with E-state index in [0.717, 1.165) is 30.7 Å². The third-order valence-corrected chi connectivity index (χ3v) is 5.14. The minimum Gasteiger partial charge on any atom is -0.494 e. The van der Waals surface area contributed by atoms with Gasteiger partial charge in [0.05, 0.1) is 36.6 Å². The summed E-state index contributed by atoms with van der Waals surface area (Å²) in [6, 6.07) is 8.30. The number of aromatic nitrogens is 2. The van der Waals surface area contributed by atoms with Crippen LogP contribution in [0.4, 0.5) is 5.69 Å². The Bertz CT molecular complexity index is 817. The highest BCUT2D eigenvalue weighted by Crippen LogP contribution is 2.18. The topological polar surface area (TPSA) is 76.5 Å². The number of nitrogens with zero attached hydrogens (tertiary/aromatic N) is 3. The van der Waals surface area contributed by atoms with Gasteiger partial charge in [-0.05, 0) is 57.0 Å². The predicted molar refractivity (Wildman–Crippen MR) is 102 cm³/mol. The Balaban J connectivity index is 1.49. The second-order valence-electron chi connectivity index (χ2n) is 6.77. The van der Waals surface area contributed by atoms with Crippen LogP contribution in [0.15, 0.2) is 36.7 Å². The van der Waals surface area contributed by atoms with Crippen molar-refractivity contribution in [1.29, 1.82) is 0 Å². The van der Waals surface area contributed by atoms with Gasteiger partial charge in [0.15, 0.2) is 0 Å². The molecule has 1 aliphatic rings. The van der Waals surface area contributed by atoms with Crippen LogP contribution in [0.1, 0.15) is 26.2 Å². The lowest BCUT2D eigenvalue weighted by Gasteiger charge is -2.20. The first kappa shape index (κ1) is 18.7. The first-order valence-electron chi connectivity index (χ1n) is 8.90. The summed E-state index contributed by atoms with van der Waals surface area (Å²) in [6.07, 6.45) is 7.85. The Labute approximate surface area is 155 Å². The standard InChI is InChI=1S/C18H26N4O3S/c1-15-5-3-10-21(15)11-4-12-25-18-8-6-17(7-9-18)22-14-16(13-19-22)20-26(2,23)24/h6-9,13-15,20H,3-5,10-12H2,1-2H3/t15-/m1/s1. The van der Waals surface area contributed by atoms with Crippen molar-refractivity contribution in [3.63, 3.8) is 0 Å². The van der Waals surface area contributed by atoms with Crippen LogP contribution in [0, 0.1) is 0 Å². The average molecular weight is 378 g/mol. The van der Waals surface area contributed by atoms with Gasteiger partial charge < -0.3 is 9.64 Å². The van der Waals surface area contributed by atoms with Crippen LogP contribution in [0.5, 0.6) is 5.75 Å². The number of benzene rings is 1. The van der Waals surface area contributed by atoms with E-state index in [1.807, 2.05) is 24.3 Å². The van der Waals surface area contributed by atoms with Gasteiger partial charge in [0.1, 0.15) is 5.75 Å². The molecule has 1 atom stereocenters. The van der Waals surface area contributed by atoms with Gasteiger partial charge in [0, 0.05) is 12.6 Å². The van der Waals surface area contributed by atoms with E-state index in [1.165, 1.54) is 25.6 Å². The third-order valence-electron chi connectivity index (χ3n) is 4.54. The van der Waals surface area contributed by atoms with E-state index >= 15 is 0 Å². The minimum absolute atomic E-state index is 0.434. The van der Waals surface area contributed by atoms with Crippen LogP contribution in [0.3, 0.4) is 0 Å². The molecule has 0 spiro atoms. The monoisotopic (exact) mass is 378 g/mol. The molecule has 142 valence electrons. The van der Waals surface area contributed by atoms with Gasteiger partial charge in [-0.1, -0.05) is 0 Å². The number of hydrogen-bond donors (Lipinski definition) is 1. The molecule has 1 saturated heterocycles. The number of hydrogen-bond acceptors (Lipinski definition) is 5. The zero-order valence-corrected chi connectivity index (χ0v) is 16.1. The summed E-state index contributed by atoms with van der Waals surface area (Å²) >= 11 is 0. The van der Waals surface area contributed by atoms with Gasteiger partial charge in [-0.15, -0.1) is 0 Å². The van der Waals surface area contributed by atoms with E-state index in [1.54, 1.807) is 10.9 Å². The van der Waals surface area contributed by atoms with Crippen LogP contribution in [-0.4, -0.2) is 55.1 Å². The molecule has 26 heavy (non-hydrogen) atoms. The molecule has 8 heteroatoms. The number of ether oxygens (including phenoxy) is 1. The summed E-state index contributed by atoms with van der Waals surface area (Å²) in [5, 5.41) is 4.17. The molecule has 3 rings (SSSR count). The zero-order valence-electron chi connectivity index (χ0n) is 15.3. The average Bonchev–Trinajstić information content (AvgIpc) is 3.20. The number of nitrogens with one attached hydrogen (secondary N) is 1. The molecule has 0 bridgehead atoms. The number of rotatable bonds is 8. The van der Waals surface area contributed by atoms with Crippen molar-refractivity contribution in [2.45, 2.75) is 32.2 Å². The third kappa shape index (κ3) is 5.22. The second-order valence-corrected chi connectivity index (χ2v) is 8.52. The summed E-state index contributed by atoms with van der Waals surface area (Å²) < 4.78 is 32.3. The lowest BCUT2D eigenvalue weighted by molar-refractivity contribution is 0.230. The van der Waals surface area contributed by atoms with Crippen LogP contribution in [0.2, 0.25) is 0 Å². The lowest BCUT2D eigenvalue weighted by Crippen LogP contribution is -2.28. The molecule has 1 aromatic heterocycles. The van der Waals surface area contributed by atoms with E-state index in [9.17, 15) is 8.42 Å². The Kier molecular flexibility index (Phi) is 5.83. The Hall–Kier alpha value is -2.06. The highest BCUT2D eigenvalue weighted by molar-refractivity contribution is 7.92. The molecule has 2 aromatic rings. The number of sulfonamides is 1. The number of anilines is 1. The molecule has 7 nitrogen and oxygen atoms in total. The second kappa shape index (κ2) is 8.09. The van der Waals surface area contributed by atoms with E-state index in [2.05, 4.69) is 21.6 Å². The van der Waals surface area contributed by atoms with Crippen molar-refractivity contribution >= 4 is 15.7 Å². The fourth-order valence-corrected chi connectivity index (χ4v) is 3.74. The largest absolute Gasteiger partial charge is 0.494 e. The molecular formula is C18H26N4O3S. The Morgan fingerprint density at radius 1 is 1.31 bits per heavy atom. The number of likely N-dealkylation sites (tertiary alicyclic amines) is 1. The summed E-state index contributed by atoms with van der Waals surface area (Å²) in [7, 11) is -3.30. The molecule has 1 N–H and O–H groups in total. The molecule has 0 aliphatic carbocycles. The van der Waals surface area contributed by atoms with E-state index in [-0.39, 0.29) is 0 Å². The van der Waals surface area contributed by atoms with Crippen molar-refractivity contribution in [1.82, 2.24) is 14.7 Å². The van der Waals surface area contributed by atoms with E-state index in [4.69, 9.17) is 4.74 Å². The van der Waals surface area contributed by atoms with E-state index in [0.29, 0.717) is 18.3 Å². The zero-order chi connectivity index (χ0) is 18.6. The summed E-state index contributed by atoms with van der Waals surface area (Å²) in [5.74, 6) is 0.824. The first-order chi connectivity index (χ1) is 12.4. The van der Waals surface area contributed by atoms with Gasteiger partial charge >= 0.3 is 0 Å². The molecular weight excluding hydrogens is 352 g/mol. The van der Waals surface area contributed by atoms with Gasteiger partial charge in [-0.3, -0.25) is 4.72 Å². The maximum Gasteiger partial charge on any atom is 0.229 e. The molecule has 1 aliphatic heterocycles. The van der Waals surface area contributed by atoms with Crippen molar-refractivity contribution in [3.05, 3.63) is 36.7 Å². The first-order valence-corrected chi connectivity index (χ1v) is 10.8. The molecule has 1 aromatic carbocycles. The summed E-state index contributed by atoms with van der Waals surface area (Å²) in [4.78, 5) is 2.52. The maximum absolute atomic E-state index is 11.3. The van der Waals surface area contributed by atoms with Gasteiger partial charge in [0.25, 0.3) is 0 Å². The molecule has 0 unspecified atom stereocenters. The fourth-order valence-electron chi connectivity index (χ4n) is 3.21. The smallest absolute Gasteiger partial charge is 0.229 e. The lowest BCUT2D eigenvalue weighted by atomic mass is 10.2. The quantitative estimate of drug-likeness (QED) is 0.714. The fraction of sp³-hybridized carbons (Fsp3) is 0.500. The molecule has 2 heterocycles. The normalized spacial score (nSPS) is 18.2. The van der Waals surface area contributed by atoms with Gasteiger partial charge in [0.2, 0.25) is 10.0 Å². The van der Waals surface area contributed by atoms with Crippen LogP contribution >= 0.6 is 0 Å². The predicted octanol–water partition coefficient (Wildman–Crippen LogP) is 2.50. The highest BCUT2D eigenvalue weighted by atomic mass is 32.2. The van der Waals surface area contributed by atoms with Crippen LogP contribution in [0.25, 0.3) is 5.69 Å². The van der Waals surface area contributed by atoms with Crippen molar-refractivity contribution in [2.24, 2.45) is 0 Å². The van der Waals surface area contributed by atoms with Crippen LogP contribution < -0.4 is 9.46 Å².